The summed E-state index contributed by atoms with van der Waals surface area (Å²) < 4.78 is 0. The summed E-state index contributed by atoms with van der Waals surface area (Å²) in [5.41, 5.74) is 2.46. The van der Waals surface area contributed by atoms with E-state index in [0.29, 0.717) is 12.3 Å². The van der Waals surface area contributed by atoms with Gasteiger partial charge < -0.3 is 10.6 Å². The summed E-state index contributed by atoms with van der Waals surface area (Å²) in [4.78, 5) is 12.1. The van der Waals surface area contributed by atoms with Gasteiger partial charge in [-0.15, -0.1) is 12.4 Å². The van der Waals surface area contributed by atoms with Crippen LogP contribution in [0.3, 0.4) is 0 Å². The van der Waals surface area contributed by atoms with E-state index in [-0.39, 0.29) is 24.4 Å². The van der Waals surface area contributed by atoms with Gasteiger partial charge in [0.2, 0.25) is 5.91 Å². The Morgan fingerprint density at radius 1 is 1.38 bits per heavy atom. The first-order valence-electron chi connectivity index (χ1n) is 7.75. The van der Waals surface area contributed by atoms with Crippen LogP contribution < -0.4 is 10.6 Å². The fourth-order valence-corrected chi connectivity index (χ4v) is 2.78. The van der Waals surface area contributed by atoms with E-state index >= 15 is 0 Å². The number of benzene rings is 1. The molecular formula is C17H27ClN2O. The molecule has 1 aliphatic rings. The summed E-state index contributed by atoms with van der Waals surface area (Å²) in [7, 11) is 0. The third-order valence-corrected chi connectivity index (χ3v) is 4.17. The van der Waals surface area contributed by atoms with Gasteiger partial charge >= 0.3 is 0 Å². The highest BCUT2D eigenvalue weighted by molar-refractivity contribution is 5.85. The lowest BCUT2D eigenvalue weighted by molar-refractivity contribution is -0.122. The molecule has 1 aliphatic heterocycles. The van der Waals surface area contributed by atoms with E-state index in [2.05, 4.69) is 48.7 Å². The fraction of sp³-hybridized carbons (Fsp3) is 0.588. The van der Waals surface area contributed by atoms with Crippen molar-refractivity contribution in [1.82, 2.24) is 10.6 Å². The molecule has 2 atom stereocenters. The van der Waals surface area contributed by atoms with E-state index in [0.717, 1.165) is 25.9 Å². The molecule has 3 nitrogen and oxygen atoms in total. The first-order chi connectivity index (χ1) is 9.69. The number of rotatable bonds is 6. The largest absolute Gasteiger partial charge is 0.349 e. The molecule has 1 saturated heterocycles. The van der Waals surface area contributed by atoms with Crippen molar-refractivity contribution in [2.45, 2.75) is 45.6 Å². The van der Waals surface area contributed by atoms with Crippen LogP contribution in [0.1, 0.15) is 49.8 Å². The summed E-state index contributed by atoms with van der Waals surface area (Å²) in [6, 6.07) is 8.59. The van der Waals surface area contributed by atoms with E-state index in [9.17, 15) is 4.79 Å². The number of nitrogens with one attached hydrogen (secondary N) is 2. The molecule has 1 aromatic carbocycles. The van der Waals surface area contributed by atoms with E-state index < -0.39 is 0 Å². The molecule has 1 aromatic rings. The minimum absolute atomic E-state index is 0. The van der Waals surface area contributed by atoms with Gasteiger partial charge in [0.1, 0.15) is 0 Å². The highest BCUT2D eigenvalue weighted by atomic mass is 35.5. The molecule has 0 bridgehead atoms. The van der Waals surface area contributed by atoms with Crippen LogP contribution >= 0.6 is 12.4 Å². The normalized spacial score (nSPS) is 18.9. The van der Waals surface area contributed by atoms with Crippen molar-refractivity contribution in [2.75, 3.05) is 13.1 Å². The molecule has 2 rings (SSSR count). The highest BCUT2D eigenvalue weighted by Gasteiger charge is 2.17. The predicted molar refractivity (Wildman–Crippen MR) is 89.8 cm³/mol. The number of halogens is 1. The topological polar surface area (TPSA) is 41.1 Å². The van der Waals surface area contributed by atoms with Gasteiger partial charge in [0.15, 0.2) is 0 Å². The van der Waals surface area contributed by atoms with Gasteiger partial charge in [0.25, 0.3) is 0 Å². The van der Waals surface area contributed by atoms with E-state index in [1.165, 1.54) is 17.5 Å². The van der Waals surface area contributed by atoms with Crippen LogP contribution in [0.25, 0.3) is 0 Å². The van der Waals surface area contributed by atoms with Crippen molar-refractivity contribution < 1.29 is 4.79 Å². The molecule has 118 valence electrons. The van der Waals surface area contributed by atoms with Crippen LogP contribution in [0.15, 0.2) is 24.3 Å². The van der Waals surface area contributed by atoms with Crippen molar-refractivity contribution in [3.8, 4) is 0 Å². The zero-order valence-electron chi connectivity index (χ0n) is 13.0. The first-order valence-corrected chi connectivity index (χ1v) is 7.75. The molecular weight excluding hydrogens is 284 g/mol. The molecule has 1 heterocycles. The van der Waals surface area contributed by atoms with Gasteiger partial charge in [-0.1, -0.05) is 36.8 Å². The smallest absolute Gasteiger partial charge is 0.220 e. The summed E-state index contributed by atoms with van der Waals surface area (Å²) >= 11 is 0. The highest BCUT2D eigenvalue weighted by Crippen LogP contribution is 2.19. The molecule has 4 heteroatoms. The Balaban J connectivity index is 0.00000220. The van der Waals surface area contributed by atoms with Crippen molar-refractivity contribution in [3.05, 3.63) is 35.4 Å². The van der Waals surface area contributed by atoms with Crippen LogP contribution in [-0.2, 0) is 4.79 Å². The standard InChI is InChI=1S/C17H26N2O.ClH/c1-3-16(15-7-4-13(2)5-8-15)19-17(20)9-6-14-10-11-18-12-14;/h4-5,7-8,14,16,18H,3,6,9-12H2,1-2H3,(H,19,20);1H. The third-order valence-electron chi connectivity index (χ3n) is 4.17. The zero-order chi connectivity index (χ0) is 14.4. The lowest BCUT2D eigenvalue weighted by Gasteiger charge is -2.18. The first kappa shape index (κ1) is 18.0. The second-order valence-corrected chi connectivity index (χ2v) is 5.84. The number of hydrogen-bond donors (Lipinski definition) is 2. The molecule has 2 unspecified atom stereocenters. The van der Waals surface area contributed by atoms with E-state index in [1.54, 1.807) is 0 Å². The van der Waals surface area contributed by atoms with Crippen molar-refractivity contribution in [3.63, 3.8) is 0 Å². The predicted octanol–water partition coefficient (Wildman–Crippen LogP) is 3.37. The van der Waals surface area contributed by atoms with Crippen molar-refractivity contribution in [1.29, 1.82) is 0 Å². The van der Waals surface area contributed by atoms with Gasteiger partial charge in [0, 0.05) is 6.42 Å². The molecule has 0 aromatic heterocycles. The quantitative estimate of drug-likeness (QED) is 0.846. The number of carbonyl (C=O) groups excluding carboxylic acids is 1. The van der Waals surface area contributed by atoms with Gasteiger partial charge in [-0.3, -0.25) is 4.79 Å². The number of amides is 1. The Morgan fingerprint density at radius 2 is 2.10 bits per heavy atom. The van der Waals surface area contributed by atoms with Crippen LogP contribution in [0.4, 0.5) is 0 Å². The number of aryl methyl sites for hydroxylation is 1. The summed E-state index contributed by atoms with van der Waals surface area (Å²) in [6.45, 7) is 6.38. The molecule has 2 N–H and O–H groups in total. The zero-order valence-corrected chi connectivity index (χ0v) is 13.8. The maximum Gasteiger partial charge on any atom is 0.220 e. The second-order valence-electron chi connectivity index (χ2n) is 5.84. The summed E-state index contributed by atoms with van der Waals surface area (Å²) in [5, 5.41) is 6.51. The Morgan fingerprint density at radius 3 is 2.67 bits per heavy atom. The molecule has 1 amide bonds. The van der Waals surface area contributed by atoms with Crippen molar-refractivity contribution >= 4 is 18.3 Å². The fourth-order valence-electron chi connectivity index (χ4n) is 2.78. The number of hydrogen-bond acceptors (Lipinski definition) is 2. The maximum atomic E-state index is 12.1. The summed E-state index contributed by atoms with van der Waals surface area (Å²) in [5.74, 6) is 0.865. The molecule has 1 fully saturated rings. The molecule has 0 spiro atoms. The Kier molecular flexibility index (Phi) is 7.76. The van der Waals surface area contributed by atoms with Gasteiger partial charge in [-0.2, -0.15) is 0 Å². The Hall–Kier alpha value is -1.06. The van der Waals surface area contributed by atoms with Gasteiger partial charge in [0.05, 0.1) is 6.04 Å². The van der Waals surface area contributed by atoms with E-state index in [1.807, 2.05) is 0 Å². The summed E-state index contributed by atoms with van der Waals surface area (Å²) in [6.07, 6.45) is 3.79. The van der Waals surface area contributed by atoms with Crippen LogP contribution in [0.5, 0.6) is 0 Å². The average molecular weight is 311 g/mol. The van der Waals surface area contributed by atoms with Gasteiger partial charge in [-0.05, 0) is 50.8 Å². The van der Waals surface area contributed by atoms with Gasteiger partial charge in [-0.25, -0.2) is 0 Å². The SMILES string of the molecule is CCC(NC(=O)CCC1CCNC1)c1ccc(C)cc1.Cl. The lowest BCUT2D eigenvalue weighted by Crippen LogP contribution is -2.28. The second kappa shape index (κ2) is 9.06. The molecule has 21 heavy (non-hydrogen) atoms. The Bertz CT molecular complexity index is 427. The Labute approximate surface area is 134 Å². The maximum absolute atomic E-state index is 12.1. The third kappa shape index (κ3) is 5.68. The molecule has 0 radical (unpaired) electrons. The van der Waals surface area contributed by atoms with Crippen LogP contribution in [-0.4, -0.2) is 19.0 Å². The average Bonchev–Trinajstić information content (AvgIpc) is 2.97. The minimum atomic E-state index is 0. The monoisotopic (exact) mass is 310 g/mol. The minimum Gasteiger partial charge on any atom is -0.349 e. The van der Waals surface area contributed by atoms with Crippen molar-refractivity contribution in [2.24, 2.45) is 5.92 Å². The van der Waals surface area contributed by atoms with E-state index in [4.69, 9.17) is 0 Å². The molecule has 0 saturated carbocycles. The lowest BCUT2D eigenvalue weighted by atomic mass is 10.0. The number of carbonyl (C=O) groups is 1. The van der Waals surface area contributed by atoms with Crippen LogP contribution in [0, 0.1) is 12.8 Å². The van der Waals surface area contributed by atoms with Crippen LogP contribution in [0.2, 0.25) is 0 Å². The molecule has 0 aliphatic carbocycles.